The van der Waals surface area contributed by atoms with E-state index in [9.17, 15) is 13.2 Å². The minimum Gasteiger partial charge on any atom is -0.396 e. The van der Waals surface area contributed by atoms with Crippen LogP contribution in [0.3, 0.4) is 0 Å². The molecule has 100 valence electrons. The molecule has 0 radical (unpaired) electrons. The van der Waals surface area contributed by atoms with Gasteiger partial charge in [-0.2, -0.15) is 18.3 Å². The number of nitrogens with zero attached hydrogens (tertiary/aromatic N) is 2. The number of alkyl halides is 3. The van der Waals surface area contributed by atoms with E-state index in [0.29, 0.717) is 23.4 Å². The summed E-state index contributed by atoms with van der Waals surface area (Å²) in [5.74, 6) is 0. The summed E-state index contributed by atoms with van der Waals surface area (Å²) in [6.07, 6.45) is -3.99. The van der Waals surface area contributed by atoms with Crippen LogP contribution in [-0.2, 0) is 12.6 Å². The topological polar surface area (TPSA) is 51.8 Å². The van der Waals surface area contributed by atoms with Crippen LogP contribution < -0.4 is 5.73 Å². The van der Waals surface area contributed by atoms with Crippen molar-refractivity contribution < 1.29 is 13.2 Å². The van der Waals surface area contributed by atoms with E-state index in [1.165, 1.54) is 12.1 Å². The number of anilines is 1. The molecule has 0 saturated heterocycles. The number of nitrogens with two attached hydrogens (primary N) is 1. The van der Waals surface area contributed by atoms with Gasteiger partial charge in [0.05, 0.1) is 16.9 Å². The number of halogens is 4. The molecule has 0 saturated carbocycles. The summed E-state index contributed by atoms with van der Waals surface area (Å²) in [6, 6.07) is 6.40. The molecule has 0 amide bonds. The number of hydrogen-bond acceptors (Lipinski definition) is 3. The van der Waals surface area contributed by atoms with Crippen molar-refractivity contribution in [3.63, 3.8) is 0 Å². The highest BCUT2D eigenvalue weighted by atomic mass is 35.5. The van der Waals surface area contributed by atoms with Crippen LogP contribution in [0.25, 0.3) is 0 Å². The Bertz CT molecular complexity index is 582. The third kappa shape index (κ3) is 3.35. The van der Waals surface area contributed by atoms with Crippen molar-refractivity contribution in [3.05, 3.63) is 52.3 Å². The molecule has 0 aliphatic carbocycles. The van der Waals surface area contributed by atoms with E-state index in [2.05, 4.69) is 10.2 Å². The Morgan fingerprint density at radius 1 is 1.11 bits per heavy atom. The second-order valence-corrected chi connectivity index (χ2v) is 4.31. The van der Waals surface area contributed by atoms with E-state index >= 15 is 0 Å². The SMILES string of the molecule is Nc1cc(Cc2ccc(C(F)(F)F)cc2)nnc1Cl. The van der Waals surface area contributed by atoms with Gasteiger partial charge in [0.1, 0.15) is 0 Å². The van der Waals surface area contributed by atoms with Gasteiger partial charge in [-0.25, -0.2) is 0 Å². The van der Waals surface area contributed by atoms with Gasteiger partial charge >= 0.3 is 6.18 Å². The highest BCUT2D eigenvalue weighted by molar-refractivity contribution is 6.31. The second-order valence-electron chi connectivity index (χ2n) is 3.95. The Morgan fingerprint density at radius 2 is 1.74 bits per heavy atom. The zero-order chi connectivity index (χ0) is 14.0. The summed E-state index contributed by atoms with van der Waals surface area (Å²) in [4.78, 5) is 0. The minimum absolute atomic E-state index is 0.108. The Balaban J connectivity index is 2.17. The number of aromatic nitrogens is 2. The molecular weight excluding hydrogens is 279 g/mol. The molecule has 1 aromatic heterocycles. The average molecular weight is 288 g/mol. The molecule has 0 unspecified atom stereocenters. The van der Waals surface area contributed by atoms with Gasteiger partial charge in [0.2, 0.25) is 0 Å². The van der Waals surface area contributed by atoms with E-state index in [1.807, 2.05) is 0 Å². The molecule has 7 heteroatoms. The first kappa shape index (κ1) is 13.6. The number of rotatable bonds is 2. The van der Waals surface area contributed by atoms with E-state index in [-0.39, 0.29) is 5.15 Å². The van der Waals surface area contributed by atoms with Crippen LogP contribution in [-0.4, -0.2) is 10.2 Å². The second kappa shape index (κ2) is 5.05. The molecule has 2 aromatic rings. The van der Waals surface area contributed by atoms with Gasteiger partial charge in [0, 0.05) is 6.42 Å². The average Bonchev–Trinajstić information content (AvgIpc) is 2.33. The van der Waals surface area contributed by atoms with Crippen LogP contribution in [0.1, 0.15) is 16.8 Å². The molecule has 0 aliphatic rings. The van der Waals surface area contributed by atoms with Gasteiger partial charge in [-0.3, -0.25) is 0 Å². The largest absolute Gasteiger partial charge is 0.416 e. The summed E-state index contributed by atoms with van der Waals surface area (Å²) in [7, 11) is 0. The fraction of sp³-hybridized carbons (Fsp3) is 0.167. The summed E-state index contributed by atoms with van der Waals surface area (Å²) in [5, 5.41) is 7.57. The number of hydrogen-bond donors (Lipinski definition) is 1. The predicted molar refractivity (Wildman–Crippen MR) is 65.7 cm³/mol. The first-order valence-electron chi connectivity index (χ1n) is 5.30. The van der Waals surface area contributed by atoms with Crippen LogP contribution in [0.4, 0.5) is 18.9 Å². The first-order chi connectivity index (χ1) is 8.86. The van der Waals surface area contributed by atoms with Crippen LogP contribution in [0.5, 0.6) is 0 Å². The number of nitrogen functional groups attached to an aromatic ring is 1. The molecule has 0 fully saturated rings. The van der Waals surface area contributed by atoms with E-state index in [0.717, 1.165) is 12.1 Å². The molecule has 2 rings (SSSR count). The van der Waals surface area contributed by atoms with Crippen molar-refractivity contribution >= 4 is 17.3 Å². The van der Waals surface area contributed by atoms with Crippen molar-refractivity contribution in [1.29, 1.82) is 0 Å². The molecule has 1 heterocycles. The maximum atomic E-state index is 12.4. The van der Waals surface area contributed by atoms with Crippen LogP contribution >= 0.6 is 11.6 Å². The zero-order valence-electron chi connectivity index (χ0n) is 9.58. The lowest BCUT2D eigenvalue weighted by Gasteiger charge is -2.07. The van der Waals surface area contributed by atoms with E-state index in [1.54, 1.807) is 6.07 Å². The van der Waals surface area contributed by atoms with Gasteiger partial charge in [-0.15, -0.1) is 5.10 Å². The van der Waals surface area contributed by atoms with Crippen molar-refractivity contribution in [3.8, 4) is 0 Å². The summed E-state index contributed by atoms with van der Waals surface area (Å²) < 4.78 is 37.2. The van der Waals surface area contributed by atoms with Crippen molar-refractivity contribution in [1.82, 2.24) is 10.2 Å². The van der Waals surface area contributed by atoms with Crippen molar-refractivity contribution in [2.24, 2.45) is 0 Å². The third-order valence-corrected chi connectivity index (χ3v) is 2.79. The van der Waals surface area contributed by atoms with Gasteiger partial charge in [-0.1, -0.05) is 23.7 Å². The number of benzene rings is 1. The Morgan fingerprint density at radius 3 is 2.26 bits per heavy atom. The zero-order valence-corrected chi connectivity index (χ0v) is 10.3. The standard InChI is InChI=1S/C12H9ClF3N3/c13-11-10(17)6-9(18-19-11)5-7-1-3-8(4-2-7)12(14,15)16/h1-4,6H,5H2,(H2,17,18). The predicted octanol–water partition coefficient (Wildman–Crippen LogP) is 3.32. The lowest BCUT2D eigenvalue weighted by molar-refractivity contribution is -0.137. The molecule has 19 heavy (non-hydrogen) atoms. The Labute approximate surface area is 112 Å². The molecule has 2 N–H and O–H groups in total. The molecule has 3 nitrogen and oxygen atoms in total. The lowest BCUT2D eigenvalue weighted by Crippen LogP contribution is -2.05. The fourth-order valence-corrected chi connectivity index (χ4v) is 1.63. The van der Waals surface area contributed by atoms with Gasteiger partial charge in [0.25, 0.3) is 0 Å². The minimum atomic E-state index is -4.33. The summed E-state index contributed by atoms with van der Waals surface area (Å²) in [5.41, 5.74) is 6.41. The van der Waals surface area contributed by atoms with E-state index < -0.39 is 11.7 Å². The molecule has 0 spiro atoms. The molecule has 1 aromatic carbocycles. The molecule has 0 aliphatic heterocycles. The maximum absolute atomic E-state index is 12.4. The Hall–Kier alpha value is -1.82. The quantitative estimate of drug-likeness (QED) is 0.922. The van der Waals surface area contributed by atoms with Gasteiger partial charge in [0.15, 0.2) is 5.15 Å². The normalized spacial score (nSPS) is 11.6. The van der Waals surface area contributed by atoms with E-state index in [4.69, 9.17) is 17.3 Å². The lowest BCUT2D eigenvalue weighted by atomic mass is 10.1. The van der Waals surface area contributed by atoms with Gasteiger partial charge in [-0.05, 0) is 23.8 Å². The first-order valence-corrected chi connectivity index (χ1v) is 5.68. The van der Waals surface area contributed by atoms with Crippen molar-refractivity contribution in [2.75, 3.05) is 5.73 Å². The molecular formula is C12H9ClF3N3. The monoisotopic (exact) mass is 287 g/mol. The highest BCUT2D eigenvalue weighted by Crippen LogP contribution is 2.29. The van der Waals surface area contributed by atoms with Crippen LogP contribution in [0, 0.1) is 0 Å². The van der Waals surface area contributed by atoms with Crippen molar-refractivity contribution in [2.45, 2.75) is 12.6 Å². The highest BCUT2D eigenvalue weighted by Gasteiger charge is 2.29. The molecule has 0 atom stereocenters. The van der Waals surface area contributed by atoms with Gasteiger partial charge < -0.3 is 5.73 Å². The third-order valence-electron chi connectivity index (χ3n) is 2.49. The smallest absolute Gasteiger partial charge is 0.396 e. The van der Waals surface area contributed by atoms with Crippen LogP contribution in [0.2, 0.25) is 5.15 Å². The van der Waals surface area contributed by atoms with Crippen LogP contribution in [0.15, 0.2) is 30.3 Å². The summed E-state index contributed by atoms with van der Waals surface area (Å²) >= 11 is 5.63. The fourth-order valence-electron chi connectivity index (χ4n) is 1.54. The molecule has 0 bridgehead atoms. The Kier molecular flexibility index (Phi) is 3.61. The summed E-state index contributed by atoms with van der Waals surface area (Å²) in [6.45, 7) is 0. The maximum Gasteiger partial charge on any atom is 0.416 e.